The predicted molar refractivity (Wildman–Crippen MR) is 100 cm³/mol. The number of aliphatic hydroxyl groups excluding tert-OH is 1. The molecule has 1 amide bonds. The first-order chi connectivity index (χ1) is 12.1. The number of amides is 1. The predicted octanol–water partition coefficient (Wildman–Crippen LogP) is 2.69. The van der Waals surface area contributed by atoms with Gasteiger partial charge in [-0.15, -0.1) is 0 Å². The molecule has 0 bridgehead atoms. The molecular formula is C21H32N2O2. The average Bonchev–Trinajstić information content (AvgIpc) is 3.10. The molecule has 0 aliphatic carbocycles. The monoisotopic (exact) mass is 344 g/mol. The lowest BCUT2D eigenvalue weighted by Crippen LogP contribution is -2.47. The number of likely N-dealkylation sites (tertiary alicyclic amines) is 2. The van der Waals surface area contributed by atoms with Crippen LogP contribution < -0.4 is 0 Å². The molecule has 1 aromatic rings. The van der Waals surface area contributed by atoms with Crippen molar-refractivity contribution in [3.63, 3.8) is 0 Å². The van der Waals surface area contributed by atoms with Crippen molar-refractivity contribution in [3.05, 3.63) is 35.4 Å². The minimum absolute atomic E-state index is 0.116. The minimum atomic E-state index is 0.116. The van der Waals surface area contributed by atoms with Crippen LogP contribution in [-0.2, 0) is 17.8 Å². The van der Waals surface area contributed by atoms with Gasteiger partial charge in [0.25, 0.3) is 0 Å². The Balaban J connectivity index is 1.46. The molecule has 2 aliphatic heterocycles. The highest BCUT2D eigenvalue weighted by Gasteiger charge is 2.32. The van der Waals surface area contributed by atoms with Crippen LogP contribution in [0.4, 0.5) is 0 Å². The van der Waals surface area contributed by atoms with Crippen LogP contribution in [-0.4, -0.2) is 53.0 Å². The highest BCUT2D eigenvalue weighted by atomic mass is 16.3. The zero-order valence-corrected chi connectivity index (χ0v) is 15.7. The summed E-state index contributed by atoms with van der Waals surface area (Å²) in [5, 5.41) is 9.14. The van der Waals surface area contributed by atoms with E-state index in [1.807, 2.05) is 26.0 Å². The van der Waals surface area contributed by atoms with Gasteiger partial charge in [0.1, 0.15) is 0 Å². The Hall–Kier alpha value is -1.39. The van der Waals surface area contributed by atoms with Crippen LogP contribution in [0.3, 0.4) is 0 Å². The molecule has 4 nitrogen and oxygen atoms in total. The molecule has 3 rings (SSSR count). The van der Waals surface area contributed by atoms with E-state index in [9.17, 15) is 4.79 Å². The van der Waals surface area contributed by atoms with Gasteiger partial charge in [-0.1, -0.05) is 38.1 Å². The summed E-state index contributed by atoms with van der Waals surface area (Å²) in [6.45, 7) is 8.33. The average molecular weight is 344 g/mol. The number of carbonyl (C=O) groups is 1. The fourth-order valence-corrected chi connectivity index (χ4v) is 4.29. The molecule has 0 unspecified atom stereocenters. The molecule has 25 heavy (non-hydrogen) atoms. The first-order valence-electron chi connectivity index (χ1n) is 9.78. The lowest BCUT2D eigenvalue weighted by Gasteiger charge is -2.37. The van der Waals surface area contributed by atoms with E-state index in [1.165, 1.54) is 25.1 Å². The van der Waals surface area contributed by atoms with Crippen molar-refractivity contribution in [2.75, 3.05) is 26.2 Å². The van der Waals surface area contributed by atoms with E-state index in [2.05, 4.69) is 21.9 Å². The maximum atomic E-state index is 12.1. The zero-order chi connectivity index (χ0) is 17.8. The van der Waals surface area contributed by atoms with Crippen molar-refractivity contribution in [2.24, 2.45) is 11.8 Å². The molecule has 0 saturated carbocycles. The Morgan fingerprint density at radius 1 is 1.08 bits per heavy atom. The van der Waals surface area contributed by atoms with Gasteiger partial charge in [-0.05, 0) is 49.3 Å². The summed E-state index contributed by atoms with van der Waals surface area (Å²) in [5.41, 5.74) is 2.36. The molecule has 2 saturated heterocycles. The Morgan fingerprint density at radius 3 is 2.32 bits per heavy atom. The van der Waals surface area contributed by atoms with Crippen LogP contribution >= 0.6 is 0 Å². The molecular weight excluding hydrogens is 312 g/mol. The standard InChI is InChI=1S/C21H32N2O2/c1-16(2)21(25)22-11-8-20(9-12-22)23-10-7-19(14-23)13-17-3-5-18(15-24)6-4-17/h3-6,16,19-20,24H,7-15H2,1-2H3/t19-/m1/s1. The van der Waals surface area contributed by atoms with Crippen LogP contribution in [0.25, 0.3) is 0 Å². The maximum absolute atomic E-state index is 12.1. The van der Waals surface area contributed by atoms with Gasteiger partial charge in [-0.25, -0.2) is 0 Å². The highest BCUT2D eigenvalue weighted by Crippen LogP contribution is 2.27. The Labute approximate surface area is 151 Å². The lowest BCUT2D eigenvalue weighted by molar-refractivity contribution is -0.136. The number of carbonyl (C=O) groups excluding carboxylic acids is 1. The highest BCUT2D eigenvalue weighted by molar-refractivity contribution is 5.78. The molecule has 2 heterocycles. The topological polar surface area (TPSA) is 43.8 Å². The van der Waals surface area contributed by atoms with Gasteiger partial charge >= 0.3 is 0 Å². The molecule has 2 aliphatic rings. The Kier molecular flexibility index (Phi) is 6.13. The Morgan fingerprint density at radius 2 is 1.72 bits per heavy atom. The summed E-state index contributed by atoms with van der Waals surface area (Å²) >= 11 is 0. The molecule has 0 aromatic heterocycles. The summed E-state index contributed by atoms with van der Waals surface area (Å²) in [4.78, 5) is 16.8. The zero-order valence-electron chi connectivity index (χ0n) is 15.7. The second-order valence-corrected chi connectivity index (χ2v) is 8.04. The number of hydrogen-bond donors (Lipinski definition) is 1. The van der Waals surface area contributed by atoms with E-state index < -0.39 is 0 Å². The largest absolute Gasteiger partial charge is 0.392 e. The second-order valence-electron chi connectivity index (χ2n) is 8.04. The van der Waals surface area contributed by atoms with E-state index in [1.54, 1.807) is 0 Å². The van der Waals surface area contributed by atoms with Gasteiger partial charge in [0.15, 0.2) is 0 Å². The SMILES string of the molecule is CC(C)C(=O)N1CCC(N2CC[C@H](Cc3ccc(CO)cc3)C2)CC1. The number of rotatable bonds is 5. The third-order valence-corrected chi connectivity index (χ3v) is 5.83. The van der Waals surface area contributed by atoms with E-state index >= 15 is 0 Å². The first-order valence-corrected chi connectivity index (χ1v) is 9.78. The number of benzene rings is 1. The van der Waals surface area contributed by atoms with Crippen molar-refractivity contribution in [2.45, 2.75) is 52.2 Å². The van der Waals surface area contributed by atoms with Crippen LogP contribution in [0.15, 0.2) is 24.3 Å². The summed E-state index contributed by atoms with van der Waals surface area (Å²) in [7, 11) is 0. The molecule has 4 heteroatoms. The van der Waals surface area contributed by atoms with Gasteiger partial charge in [0.2, 0.25) is 5.91 Å². The third-order valence-electron chi connectivity index (χ3n) is 5.83. The van der Waals surface area contributed by atoms with E-state index in [-0.39, 0.29) is 12.5 Å². The number of aliphatic hydroxyl groups is 1. The quantitative estimate of drug-likeness (QED) is 0.893. The molecule has 138 valence electrons. The van der Waals surface area contributed by atoms with Crippen molar-refractivity contribution >= 4 is 5.91 Å². The molecule has 1 N–H and O–H groups in total. The number of piperidine rings is 1. The smallest absolute Gasteiger partial charge is 0.225 e. The van der Waals surface area contributed by atoms with Crippen LogP contribution in [0.5, 0.6) is 0 Å². The normalized spacial score (nSPS) is 22.7. The van der Waals surface area contributed by atoms with Crippen molar-refractivity contribution < 1.29 is 9.90 Å². The van der Waals surface area contributed by atoms with Crippen molar-refractivity contribution in [1.82, 2.24) is 9.80 Å². The Bertz CT molecular complexity index is 562. The third kappa shape index (κ3) is 4.62. The lowest BCUT2D eigenvalue weighted by atomic mass is 9.97. The number of hydrogen-bond acceptors (Lipinski definition) is 3. The number of nitrogens with zero attached hydrogens (tertiary/aromatic N) is 2. The van der Waals surface area contributed by atoms with Gasteiger partial charge < -0.3 is 10.0 Å². The van der Waals surface area contributed by atoms with Gasteiger partial charge in [0, 0.05) is 31.6 Å². The van der Waals surface area contributed by atoms with Crippen LogP contribution in [0.1, 0.15) is 44.2 Å². The molecule has 0 radical (unpaired) electrons. The van der Waals surface area contributed by atoms with E-state index in [0.717, 1.165) is 43.8 Å². The van der Waals surface area contributed by atoms with Crippen molar-refractivity contribution in [3.8, 4) is 0 Å². The second kappa shape index (κ2) is 8.33. The van der Waals surface area contributed by atoms with Gasteiger partial charge in [-0.3, -0.25) is 9.69 Å². The summed E-state index contributed by atoms with van der Waals surface area (Å²) in [6.07, 6.45) is 4.65. The molecule has 1 aromatic carbocycles. The summed E-state index contributed by atoms with van der Waals surface area (Å²) in [6, 6.07) is 9.03. The summed E-state index contributed by atoms with van der Waals surface area (Å²) in [5.74, 6) is 1.16. The molecule has 2 fully saturated rings. The molecule has 1 atom stereocenters. The van der Waals surface area contributed by atoms with Gasteiger partial charge in [-0.2, -0.15) is 0 Å². The molecule has 0 spiro atoms. The maximum Gasteiger partial charge on any atom is 0.225 e. The van der Waals surface area contributed by atoms with Crippen LogP contribution in [0.2, 0.25) is 0 Å². The minimum Gasteiger partial charge on any atom is -0.392 e. The van der Waals surface area contributed by atoms with Crippen LogP contribution in [0, 0.1) is 11.8 Å². The van der Waals surface area contributed by atoms with Gasteiger partial charge in [0.05, 0.1) is 6.61 Å². The van der Waals surface area contributed by atoms with E-state index in [0.29, 0.717) is 11.9 Å². The fourth-order valence-electron chi connectivity index (χ4n) is 4.29. The van der Waals surface area contributed by atoms with Crippen molar-refractivity contribution in [1.29, 1.82) is 0 Å². The summed E-state index contributed by atoms with van der Waals surface area (Å²) < 4.78 is 0. The fraction of sp³-hybridized carbons (Fsp3) is 0.667. The van der Waals surface area contributed by atoms with E-state index in [4.69, 9.17) is 5.11 Å². The first kappa shape index (κ1) is 18.4.